The molecule has 0 saturated heterocycles. The van der Waals surface area contributed by atoms with Gasteiger partial charge in [0, 0.05) is 24.0 Å². The summed E-state index contributed by atoms with van der Waals surface area (Å²) < 4.78 is 0. The van der Waals surface area contributed by atoms with E-state index in [0.717, 1.165) is 35.6 Å². The second-order valence-corrected chi connectivity index (χ2v) is 3.91. The van der Waals surface area contributed by atoms with Crippen LogP contribution in [0.1, 0.15) is 37.9 Å². The van der Waals surface area contributed by atoms with Crippen molar-refractivity contribution in [3.63, 3.8) is 0 Å². The molecule has 0 atom stereocenters. The molecule has 1 N–H and O–H groups in total. The molecule has 0 saturated carbocycles. The Balaban J connectivity index is 2.57. The summed E-state index contributed by atoms with van der Waals surface area (Å²) in [7, 11) is 0. The van der Waals surface area contributed by atoms with Crippen LogP contribution in [0.5, 0.6) is 0 Å². The SMILES string of the molecule is CCCCNC(=S)c1ccnc(CC)c1. The fraction of sp³-hybridized carbons (Fsp3) is 0.500. The van der Waals surface area contributed by atoms with Crippen LogP contribution in [-0.4, -0.2) is 16.5 Å². The van der Waals surface area contributed by atoms with Crippen LogP contribution in [0.15, 0.2) is 18.3 Å². The van der Waals surface area contributed by atoms with Crippen LogP contribution in [0.25, 0.3) is 0 Å². The molecule has 82 valence electrons. The van der Waals surface area contributed by atoms with Gasteiger partial charge >= 0.3 is 0 Å². The molecule has 0 aliphatic rings. The zero-order valence-corrected chi connectivity index (χ0v) is 10.2. The Morgan fingerprint density at radius 3 is 2.93 bits per heavy atom. The fourth-order valence-electron chi connectivity index (χ4n) is 1.29. The molecule has 1 heterocycles. The highest BCUT2D eigenvalue weighted by Crippen LogP contribution is 2.03. The lowest BCUT2D eigenvalue weighted by molar-refractivity contribution is 0.759. The van der Waals surface area contributed by atoms with E-state index < -0.39 is 0 Å². The highest BCUT2D eigenvalue weighted by atomic mass is 32.1. The third kappa shape index (κ3) is 3.96. The van der Waals surface area contributed by atoms with Gasteiger partial charge in [0.2, 0.25) is 0 Å². The van der Waals surface area contributed by atoms with Crippen LogP contribution in [0.4, 0.5) is 0 Å². The molecule has 0 unspecified atom stereocenters. The zero-order valence-electron chi connectivity index (χ0n) is 9.42. The smallest absolute Gasteiger partial charge is 0.106 e. The third-order valence-electron chi connectivity index (χ3n) is 2.26. The van der Waals surface area contributed by atoms with Crippen molar-refractivity contribution in [2.45, 2.75) is 33.1 Å². The van der Waals surface area contributed by atoms with Crippen LogP contribution in [0.2, 0.25) is 0 Å². The van der Waals surface area contributed by atoms with E-state index in [4.69, 9.17) is 12.2 Å². The normalized spacial score (nSPS) is 10.0. The van der Waals surface area contributed by atoms with Gasteiger partial charge < -0.3 is 5.32 Å². The number of aromatic nitrogens is 1. The zero-order chi connectivity index (χ0) is 11.1. The van der Waals surface area contributed by atoms with Crippen molar-refractivity contribution in [1.29, 1.82) is 0 Å². The number of unbranched alkanes of at least 4 members (excludes halogenated alkanes) is 1. The average Bonchev–Trinajstić information content (AvgIpc) is 2.29. The van der Waals surface area contributed by atoms with Gasteiger partial charge in [-0.05, 0) is 25.0 Å². The third-order valence-corrected chi connectivity index (χ3v) is 2.64. The van der Waals surface area contributed by atoms with Crippen LogP contribution in [-0.2, 0) is 6.42 Å². The van der Waals surface area contributed by atoms with Crippen LogP contribution in [0, 0.1) is 0 Å². The number of hydrogen-bond donors (Lipinski definition) is 1. The van der Waals surface area contributed by atoms with Gasteiger partial charge in [-0.25, -0.2) is 0 Å². The Hall–Kier alpha value is -0.960. The van der Waals surface area contributed by atoms with E-state index in [0.29, 0.717) is 0 Å². The summed E-state index contributed by atoms with van der Waals surface area (Å²) in [5.74, 6) is 0. The molecule has 0 aromatic carbocycles. The summed E-state index contributed by atoms with van der Waals surface area (Å²) in [6.07, 6.45) is 5.12. The lowest BCUT2D eigenvalue weighted by Gasteiger charge is -2.07. The van der Waals surface area contributed by atoms with Crippen LogP contribution in [0.3, 0.4) is 0 Å². The Bertz CT molecular complexity index is 323. The molecule has 0 bridgehead atoms. The number of rotatable bonds is 5. The van der Waals surface area contributed by atoms with Gasteiger partial charge in [-0.3, -0.25) is 4.98 Å². The first kappa shape index (κ1) is 12.1. The first-order valence-electron chi connectivity index (χ1n) is 5.51. The van der Waals surface area contributed by atoms with E-state index in [9.17, 15) is 0 Å². The predicted molar refractivity (Wildman–Crippen MR) is 68.2 cm³/mol. The first-order valence-corrected chi connectivity index (χ1v) is 5.91. The number of nitrogens with one attached hydrogen (secondary N) is 1. The van der Waals surface area contributed by atoms with Gasteiger partial charge in [0.15, 0.2) is 0 Å². The van der Waals surface area contributed by atoms with E-state index >= 15 is 0 Å². The summed E-state index contributed by atoms with van der Waals surface area (Å²) in [6, 6.07) is 4.02. The molecule has 1 aromatic rings. The average molecular weight is 222 g/mol. The maximum Gasteiger partial charge on any atom is 0.106 e. The standard InChI is InChI=1S/C12H18N2S/c1-3-5-7-14-12(15)10-6-8-13-11(4-2)9-10/h6,8-9H,3-5,7H2,1-2H3,(H,14,15). The quantitative estimate of drug-likeness (QED) is 0.612. The molecule has 0 spiro atoms. The Morgan fingerprint density at radius 2 is 2.27 bits per heavy atom. The van der Waals surface area contributed by atoms with Crippen LogP contribution >= 0.6 is 12.2 Å². The Morgan fingerprint density at radius 1 is 1.47 bits per heavy atom. The van der Waals surface area contributed by atoms with Gasteiger partial charge in [-0.1, -0.05) is 32.5 Å². The van der Waals surface area contributed by atoms with Gasteiger partial charge in [0.25, 0.3) is 0 Å². The molecule has 0 amide bonds. The number of nitrogens with zero attached hydrogens (tertiary/aromatic N) is 1. The maximum absolute atomic E-state index is 5.30. The van der Waals surface area contributed by atoms with Gasteiger partial charge in [-0.2, -0.15) is 0 Å². The van der Waals surface area contributed by atoms with Crippen molar-refractivity contribution in [3.05, 3.63) is 29.6 Å². The molecular weight excluding hydrogens is 204 g/mol. The first-order chi connectivity index (χ1) is 7.27. The predicted octanol–water partition coefficient (Wildman–Crippen LogP) is 2.71. The summed E-state index contributed by atoms with van der Waals surface area (Å²) >= 11 is 5.30. The summed E-state index contributed by atoms with van der Waals surface area (Å²) in [4.78, 5) is 5.08. The summed E-state index contributed by atoms with van der Waals surface area (Å²) in [5, 5.41) is 3.25. The van der Waals surface area contributed by atoms with Crippen molar-refractivity contribution in [3.8, 4) is 0 Å². The molecule has 3 heteroatoms. The minimum atomic E-state index is 0.834. The highest BCUT2D eigenvalue weighted by Gasteiger charge is 2.01. The minimum Gasteiger partial charge on any atom is -0.376 e. The number of hydrogen-bond acceptors (Lipinski definition) is 2. The maximum atomic E-state index is 5.30. The summed E-state index contributed by atoms with van der Waals surface area (Å²) in [5.41, 5.74) is 2.17. The molecule has 0 radical (unpaired) electrons. The van der Waals surface area contributed by atoms with Crippen molar-refractivity contribution < 1.29 is 0 Å². The van der Waals surface area contributed by atoms with E-state index in [1.165, 1.54) is 6.42 Å². The molecule has 1 aromatic heterocycles. The molecule has 0 aliphatic carbocycles. The van der Waals surface area contributed by atoms with Crippen molar-refractivity contribution >= 4 is 17.2 Å². The van der Waals surface area contributed by atoms with Crippen molar-refractivity contribution in [1.82, 2.24) is 10.3 Å². The molecule has 1 rings (SSSR count). The fourth-order valence-corrected chi connectivity index (χ4v) is 1.52. The Labute approximate surface area is 97.1 Å². The summed E-state index contributed by atoms with van der Waals surface area (Å²) in [6.45, 7) is 5.23. The van der Waals surface area contributed by atoms with E-state index in [1.807, 2.05) is 12.3 Å². The van der Waals surface area contributed by atoms with Crippen LogP contribution < -0.4 is 5.32 Å². The molecule has 0 fully saturated rings. The van der Waals surface area contributed by atoms with Gasteiger partial charge in [0.1, 0.15) is 4.99 Å². The van der Waals surface area contributed by atoms with E-state index in [2.05, 4.69) is 30.2 Å². The lowest BCUT2D eigenvalue weighted by Crippen LogP contribution is -2.23. The van der Waals surface area contributed by atoms with Gasteiger partial charge in [0.05, 0.1) is 0 Å². The minimum absolute atomic E-state index is 0.834. The topological polar surface area (TPSA) is 24.9 Å². The molecule has 0 aliphatic heterocycles. The number of thiocarbonyl (C=S) groups is 1. The van der Waals surface area contributed by atoms with Crippen molar-refractivity contribution in [2.24, 2.45) is 0 Å². The highest BCUT2D eigenvalue weighted by molar-refractivity contribution is 7.80. The molecule has 15 heavy (non-hydrogen) atoms. The second kappa shape index (κ2) is 6.51. The Kier molecular flexibility index (Phi) is 5.26. The van der Waals surface area contributed by atoms with Gasteiger partial charge in [-0.15, -0.1) is 0 Å². The lowest BCUT2D eigenvalue weighted by atomic mass is 10.2. The number of aryl methyl sites for hydroxylation is 1. The molecular formula is C12H18N2S. The monoisotopic (exact) mass is 222 g/mol. The largest absolute Gasteiger partial charge is 0.376 e. The van der Waals surface area contributed by atoms with E-state index in [1.54, 1.807) is 0 Å². The van der Waals surface area contributed by atoms with E-state index in [-0.39, 0.29) is 0 Å². The molecule has 2 nitrogen and oxygen atoms in total. The van der Waals surface area contributed by atoms with Crippen molar-refractivity contribution in [2.75, 3.05) is 6.54 Å². The number of pyridine rings is 1. The second-order valence-electron chi connectivity index (χ2n) is 3.50.